The molecule has 5 nitrogen and oxygen atoms in total. The second kappa shape index (κ2) is 7.58. The van der Waals surface area contributed by atoms with Gasteiger partial charge in [0.1, 0.15) is 17.8 Å². The average molecular weight is 364 g/mol. The third kappa shape index (κ3) is 3.82. The van der Waals surface area contributed by atoms with Crippen LogP contribution in [-0.4, -0.2) is 18.4 Å². The molecule has 2 aromatic carbocycles. The second-order valence-electron chi connectivity index (χ2n) is 6.65. The van der Waals surface area contributed by atoms with Crippen LogP contribution >= 0.6 is 0 Å². The summed E-state index contributed by atoms with van der Waals surface area (Å²) < 4.78 is 10.5. The van der Waals surface area contributed by atoms with Crippen molar-refractivity contribution in [1.29, 1.82) is 0 Å². The number of ether oxygens (including phenoxy) is 1. The van der Waals surface area contributed by atoms with Gasteiger partial charge in [-0.3, -0.25) is 4.79 Å². The molecular formula is C22H20O5. The monoisotopic (exact) mass is 364 g/mol. The summed E-state index contributed by atoms with van der Waals surface area (Å²) >= 11 is 0. The highest BCUT2D eigenvalue weighted by Crippen LogP contribution is 2.31. The topological polar surface area (TPSA) is 73.6 Å². The van der Waals surface area contributed by atoms with Crippen LogP contribution in [0.25, 0.3) is 22.1 Å². The van der Waals surface area contributed by atoms with Gasteiger partial charge >= 0.3 is 11.6 Å². The molecule has 0 radical (unpaired) electrons. The summed E-state index contributed by atoms with van der Waals surface area (Å²) in [6, 6.07) is 14.2. The van der Waals surface area contributed by atoms with Crippen LogP contribution in [0.1, 0.15) is 30.9 Å². The van der Waals surface area contributed by atoms with Crippen molar-refractivity contribution in [2.75, 3.05) is 0 Å². The molecule has 0 aliphatic rings. The Morgan fingerprint density at radius 2 is 1.81 bits per heavy atom. The van der Waals surface area contributed by atoms with Crippen LogP contribution in [0.15, 0.2) is 57.7 Å². The second-order valence-corrected chi connectivity index (χ2v) is 6.65. The molecule has 0 amide bonds. The highest BCUT2D eigenvalue weighted by Gasteiger charge is 2.23. The van der Waals surface area contributed by atoms with E-state index in [0.717, 1.165) is 22.1 Å². The Balaban J connectivity index is 2.14. The van der Waals surface area contributed by atoms with Gasteiger partial charge in [-0.05, 0) is 43.5 Å². The molecule has 0 spiro atoms. The Kier molecular flexibility index (Phi) is 5.21. The molecule has 138 valence electrons. The van der Waals surface area contributed by atoms with Crippen LogP contribution in [0.2, 0.25) is 0 Å². The van der Waals surface area contributed by atoms with E-state index in [0.29, 0.717) is 17.4 Å². The summed E-state index contributed by atoms with van der Waals surface area (Å²) in [6.45, 7) is 5.40. The minimum absolute atomic E-state index is 0.322. The van der Waals surface area contributed by atoms with Gasteiger partial charge in [-0.25, -0.2) is 4.79 Å². The number of aryl methyl sites for hydroxylation is 1. The Bertz CT molecular complexity index is 1060. The standard InChI is InChI=1S/C22H20O5/c1-13(2)26-22(25)19(12-23)15-8-9-17-18(11-21(24)27-20(17)10-15)16-7-5-4-6-14(16)3/h4-13,19H,1-3H3. The van der Waals surface area contributed by atoms with Crippen LogP contribution in [0.5, 0.6) is 0 Å². The highest BCUT2D eigenvalue weighted by atomic mass is 16.5. The van der Waals surface area contributed by atoms with Gasteiger partial charge in [0, 0.05) is 17.0 Å². The van der Waals surface area contributed by atoms with Crippen LogP contribution in [0.3, 0.4) is 0 Å². The fraction of sp³-hybridized carbons (Fsp3) is 0.227. The summed E-state index contributed by atoms with van der Waals surface area (Å²) in [7, 11) is 0. The molecular weight excluding hydrogens is 344 g/mol. The molecule has 0 saturated carbocycles. The largest absolute Gasteiger partial charge is 0.462 e. The Morgan fingerprint density at radius 1 is 1.07 bits per heavy atom. The maximum absolute atomic E-state index is 12.2. The Hall–Kier alpha value is -3.21. The van der Waals surface area contributed by atoms with Gasteiger partial charge < -0.3 is 13.9 Å². The van der Waals surface area contributed by atoms with Crippen molar-refractivity contribution in [3.8, 4) is 11.1 Å². The molecule has 3 aromatic rings. The molecule has 5 heteroatoms. The zero-order valence-corrected chi connectivity index (χ0v) is 15.4. The predicted octanol–water partition coefficient (Wildman–Crippen LogP) is 4.00. The third-order valence-electron chi connectivity index (χ3n) is 4.30. The molecule has 0 aliphatic heterocycles. The maximum Gasteiger partial charge on any atom is 0.336 e. The summed E-state index contributed by atoms with van der Waals surface area (Å²) in [5.74, 6) is -1.69. The first-order chi connectivity index (χ1) is 12.9. The molecule has 1 heterocycles. The molecule has 0 saturated heterocycles. The smallest absolute Gasteiger partial charge is 0.336 e. The molecule has 0 bridgehead atoms. The first-order valence-corrected chi connectivity index (χ1v) is 8.70. The number of hydrogen-bond donors (Lipinski definition) is 0. The summed E-state index contributed by atoms with van der Waals surface area (Å²) in [5, 5.41) is 0.731. The fourth-order valence-corrected chi connectivity index (χ4v) is 3.05. The van der Waals surface area contributed by atoms with Gasteiger partial charge in [0.25, 0.3) is 0 Å². The average Bonchev–Trinajstić information content (AvgIpc) is 2.61. The van der Waals surface area contributed by atoms with Crippen LogP contribution in [-0.2, 0) is 14.3 Å². The van der Waals surface area contributed by atoms with E-state index < -0.39 is 17.5 Å². The minimum atomic E-state index is -1.07. The van der Waals surface area contributed by atoms with Gasteiger partial charge in [-0.15, -0.1) is 0 Å². The number of esters is 1. The van der Waals surface area contributed by atoms with Crippen LogP contribution in [0.4, 0.5) is 0 Å². The zero-order valence-electron chi connectivity index (χ0n) is 15.4. The molecule has 0 N–H and O–H groups in total. The lowest BCUT2D eigenvalue weighted by Gasteiger charge is -2.14. The number of rotatable bonds is 5. The fourth-order valence-electron chi connectivity index (χ4n) is 3.05. The SMILES string of the molecule is Cc1ccccc1-c1cc(=O)oc2cc(C(C=O)C(=O)OC(C)C)ccc12. The maximum atomic E-state index is 12.2. The van der Waals surface area contributed by atoms with Crippen LogP contribution < -0.4 is 5.63 Å². The van der Waals surface area contributed by atoms with Gasteiger partial charge in [0.15, 0.2) is 0 Å². The van der Waals surface area contributed by atoms with E-state index >= 15 is 0 Å². The summed E-state index contributed by atoms with van der Waals surface area (Å²) in [5.41, 5.74) is 2.95. The molecule has 3 rings (SSSR count). The van der Waals surface area contributed by atoms with Crippen LogP contribution in [0, 0.1) is 6.92 Å². The normalized spacial score (nSPS) is 12.1. The molecule has 0 fully saturated rings. The van der Waals surface area contributed by atoms with Crippen molar-refractivity contribution in [3.05, 3.63) is 70.1 Å². The van der Waals surface area contributed by atoms with Crippen molar-refractivity contribution < 1.29 is 18.7 Å². The van der Waals surface area contributed by atoms with Gasteiger partial charge in [-0.2, -0.15) is 0 Å². The summed E-state index contributed by atoms with van der Waals surface area (Å²) in [6.07, 6.45) is 0.209. The molecule has 1 unspecified atom stereocenters. The van der Waals surface area contributed by atoms with Crippen molar-refractivity contribution in [2.24, 2.45) is 0 Å². The third-order valence-corrected chi connectivity index (χ3v) is 4.30. The zero-order chi connectivity index (χ0) is 19.6. The van der Waals surface area contributed by atoms with Crippen molar-refractivity contribution in [3.63, 3.8) is 0 Å². The van der Waals surface area contributed by atoms with Gasteiger partial charge in [0.05, 0.1) is 6.10 Å². The Morgan fingerprint density at radius 3 is 2.48 bits per heavy atom. The van der Waals surface area contributed by atoms with E-state index in [4.69, 9.17) is 9.15 Å². The van der Waals surface area contributed by atoms with E-state index in [-0.39, 0.29) is 6.10 Å². The van der Waals surface area contributed by atoms with Gasteiger partial charge in [0.2, 0.25) is 0 Å². The van der Waals surface area contributed by atoms with E-state index in [9.17, 15) is 14.4 Å². The molecule has 0 aliphatic carbocycles. The van der Waals surface area contributed by atoms with Crippen molar-refractivity contribution in [1.82, 2.24) is 0 Å². The van der Waals surface area contributed by atoms with Crippen molar-refractivity contribution >= 4 is 23.2 Å². The number of carbonyl (C=O) groups is 2. The lowest BCUT2D eigenvalue weighted by atomic mass is 9.95. The predicted molar refractivity (Wildman–Crippen MR) is 103 cm³/mol. The summed E-state index contributed by atoms with van der Waals surface area (Å²) in [4.78, 5) is 35.7. The lowest BCUT2D eigenvalue weighted by molar-refractivity contribution is -0.150. The quantitative estimate of drug-likeness (QED) is 0.296. The number of carbonyl (C=O) groups excluding carboxylic acids is 2. The first kappa shape index (κ1) is 18.6. The van der Waals surface area contributed by atoms with E-state index in [1.54, 1.807) is 32.0 Å². The van der Waals surface area contributed by atoms with E-state index in [1.807, 2.05) is 31.2 Å². The van der Waals surface area contributed by atoms with Crippen molar-refractivity contribution in [2.45, 2.75) is 32.8 Å². The minimum Gasteiger partial charge on any atom is -0.462 e. The number of hydrogen-bond acceptors (Lipinski definition) is 5. The van der Waals surface area contributed by atoms with E-state index in [2.05, 4.69) is 0 Å². The van der Waals surface area contributed by atoms with Gasteiger partial charge in [-0.1, -0.05) is 36.4 Å². The van der Waals surface area contributed by atoms with E-state index in [1.165, 1.54) is 6.07 Å². The number of aldehydes is 1. The molecule has 1 atom stereocenters. The number of benzene rings is 2. The number of fused-ring (bicyclic) bond motifs is 1. The molecule has 27 heavy (non-hydrogen) atoms. The molecule has 1 aromatic heterocycles. The first-order valence-electron chi connectivity index (χ1n) is 8.70. The highest BCUT2D eigenvalue weighted by molar-refractivity contribution is 5.98. The lowest BCUT2D eigenvalue weighted by Crippen LogP contribution is -2.20. The Labute approximate surface area is 156 Å².